The Bertz CT molecular complexity index is 153. The first-order chi connectivity index (χ1) is 5.95. The van der Waals surface area contributed by atoms with Crippen molar-refractivity contribution in [2.45, 2.75) is 12.6 Å². The molecule has 0 bridgehead atoms. The van der Waals surface area contributed by atoms with Crippen molar-refractivity contribution in [3.63, 3.8) is 0 Å². The predicted molar refractivity (Wildman–Crippen MR) is 36.0 cm³/mol. The quantitative estimate of drug-likeness (QED) is 0.655. The minimum absolute atomic E-state index is 0.934. The summed E-state index contributed by atoms with van der Waals surface area (Å²) in [6.07, 6.45) is -8.49. The van der Waals surface area contributed by atoms with Gasteiger partial charge in [0.25, 0.3) is 0 Å². The Kier molecular flexibility index (Phi) is 6.33. The molecular formula is C6H8F7N. The van der Waals surface area contributed by atoms with Crippen molar-refractivity contribution < 1.29 is 30.7 Å². The van der Waals surface area contributed by atoms with Crippen LogP contribution in [0.4, 0.5) is 30.7 Å². The summed E-state index contributed by atoms with van der Waals surface area (Å²) in [7, 11) is 1.32. The van der Waals surface area contributed by atoms with Crippen LogP contribution in [0, 0.1) is 0 Å². The summed E-state index contributed by atoms with van der Waals surface area (Å²) in [4.78, 5) is 0.972. The molecule has 0 aromatic carbocycles. The predicted octanol–water partition coefficient (Wildman–Crippen LogP) is 3.10. The van der Waals surface area contributed by atoms with E-state index in [0.717, 1.165) is 11.1 Å². The molecule has 0 heterocycles. The molecule has 0 radical (unpaired) electrons. The summed E-state index contributed by atoms with van der Waals surface area (Å²) in [6.45, 7) is 2.24. The van der Waals surface area contributed by atoms with Gasteiger partial charge >= 0.3 is 12.6 Å². The summed E-state index contributed by atoms with van der Waals surface area (Å²) >= 11 is 0. The third-order valence-corrected chi connectivity index (χ3v) is 0.740. The Balaban J connectivity index is 0. The number of nitrogens with zero attached hydrogens (tertiary/aromatic N) is 1. The monoisotopic (exact) mass is 227 g/mol. The Labute approximate surface area is 75.8 Å². The highest BCUT2D eigenvalue weighted by molar-refractivity contribution is 4.69. The molecule has 0 aliphatic carbocycles. The van der Waals surface area contributed by atoms with Crippen molar-refractivity contribution >= 4 is 0 Å². The van der Waals surface area contributed by atoms with Crippen LogP contribution in [0.2, 0.25) is 0 Å². The van der Waals surface area contributed by atoms with E-state index in [4.69, 9.17) is 0 Å². The Morgan fingerprint density at radius 1 is 1.07 bits per heavy atom. The van der Waals surface area contributed by atoms with Crippen LogP contribution >= 0.6 is 0 Å². The van der Waals surface area contributed by atoms with Gasteiger partial charge < -0.3 is 4.90 Å². The van der Waals surface area contributed by atoms with Gasteiger partial charge in [-0.25, -0.2) is 0 Å². The van der Waals surface area contributed by atoms with Gasteiger partial charge in [0.1, 0.15) is 6.54 Å². The third kappa shape index (κ3) is 30.5. The second-order valence-electron chi connectivity index (χ2n) is 2.14. The van der Waals surface area contributed by atoms with E-state index in [0.29, 0.717) is 0 Å². The van der Waals surface area contributed by atoms with Crippen molar-refractivity contribution in [1.29, 1.82) is 0 Å². The largest absolute Gasteiger partial charge is 0.559 e. The van der Waals surface area contributed by atoms with E-state index < -0.39 is 19.2 Å². The summed E-state index contributed by atoms with van der Waals surface area (Å²) in [5, 5.41) is 0. The molecule has 0 aliphatic rings. The van der Waals surface area contributed by atoms with Crippen LogP contribution < -0.4 is 0 Å². The standard InChI is InChI=1S/C5H8F3N.CF4/c1-3-9(2)4-5(6,7)8;2-1(3,4)5/h3H,1,4H2,2H3;. The summed E-state index contributed by atoms with van der Waals surface area (Å²) in [5.41, 5.74) is 0. The van der Waals surface area contributed by atoms with Crippen LogP contribution in [0.3, 0.4) is 0 Å². The van der Waals surface area contributed by atoms with Crippen LogP contribution in [0.1, 0.15) is 0 Å². The molecule has 0 amide bonds. The minimum atomic E-state index is -5.50. The van der Waals surface area contributed by atoms with E-state index in [-0.39, 0.29) is 0 Å². The smallest absolute Gasteiger partial charge is 0.372 e. The summed E-state index contributed by atoms with van der Waals surface area (Å²) in [6, 6.07) is 0. The van der Waals surface area contributed by atoms with Gasteiger partial charge in [-0.3, -0.25) is 0 Å². The van der Waals surface area contributed by atoms with Gasteiger partial charge in [0, 0.05) is 7.05 Å². The second-order valence-corrected chi connectivity index (χ2v) is 2.14. The molecule has 0 unspecified atom stereocenters. The fraction of sp³-hybridized carbons (Fsp3) is 0.667. The third-order valence-electron chi connectivity index (χ3n) is 0.740. The molecule has 0 atom stereocenters. The fourth-order valence-corrected chi connectivity index (χ4v) is 0.347. The molecule has 0 aromatic rings. The van der Waals surface area contributed by atoms with Gasteiger partial charge in [0.05, 0.1) is 0 Å². The van der Waals surface area contributed by atoms with E-state index in [9.17, 15) is 30.7 Å². The van der Waals surface area contributed by atoms with E-state index in [1.165, 1.54) is 7.05 Å². The molecule has 0 saturated heterocycles. The van der Waals surface area contributed by atoms with Crippen molar-refractivity contribution in [3.8, 4) is 0 Å². The lowest BCUT2D eigenvalue weighted by atomic mass is 10.6. The first-order valence-electron chi connectivity index (χ1n) is 3.11. The normalized spacial score (nSPS) is 11.4. The van der Waals surface area contributed by atoms with Gasteiger partial charge in [-0.2, -0.15) is 13.2 Å². The number of hydrogen-bond acceptors (Lipinski definition) is 1. The maximum Gasteiger partial charge on any atom is 0.559 e. The Morgan fingerprint density at radius 2 is 1.36 bits per heavy atom. The van der Waals surface area contributed by atoms with Crippen LogP contribution in [0.5, 0.6) is 0 Å². The van der Waals surface area contributed by atoms with E-state index in [1.54, 1.807) is 0 Å². The highest BCUT2D eigenvalue weighted by Crippen LogP contribution is 2.15. The molecule has 1 nitrogen and oxygen atoms in total. The van der Waals surface area contributed by atoms with Crippen molar-refractivity contribution in [3.05, 3.63) is 12.8 Å². The van der Waals surface area contributed by atoms with Gasteiger partial charge in [-0.1, -0.05) is 6.58 Å². The van der Waals surface area contributed by atoms with Crippen LogP contribution in [-0.2, 0) is 0 Å². The molecular weight excluding hydrogens is 219 g/mol. The van der Waals surface area contributed by atoms with E-state index in [1.807, 2.05) is 0 Å². The second kappa shape index (κ2) is 5.71. The number of rotatable bonds is 2. The maximum atomic E-state index is 11.4. The summed E-state index contributed by atoms with van der Waals surface area (Å²) in [5.74, 6) is 0. The van der Waals surface area contributed by atoms with Gasteiger partial charge in [0.15, 0.2) is 0 Å². The molecule has 0 N–H and O–H groups in total. The number of halogens is 7. The zero-order valence-corrected chi connectivity index (χ0v) is 7.08. The SMILES string of the molecule is C=CN(C)CC(F)(F)F.FC(F)(F)F. The average molecular weight is 227 g/mol. The minimum Gasteiger partial charge on any atom is -0.372 e. The molecule has 0 aromatic heterocycles. The summed E-state index contributed by atoms with van der Waals surface area (Å²) < 4.78 is 73.0. The molecule has 8 heteroatoms. The number of alkyl halides is 7. The number of hydrogen-bond donors (Lipinski definition) is 0. The van der Waals surface area contributed by atoms with E-state index >= 15 is 0 Å². The molecule has 86 valence electrons. The molecule has 0 spiro atoms. The highest BCUT2D eigenvalue weighted by Gasteiger charge is 2.27. The zero-order chi connectivity index (χ0) is 12.0. The molecule has 0 fully saturated rings. The van der Waals surface area contributed by atoms with Crippen molar-refractivity contribution in [2.75, 3.05) is 13.6 Å². The van der Waals surface area contributed by atoms with Gasteiger partial charge in [0.2, 0.25) is 0 Å². The van der Waals surface area contributed by atoms with Crippen LogP contribution in [0.15, 0.2) is 12.8 Å². The molecule has 0 rings (SSSR count). The van der Waals surface area contributed by atoms with Crippen molar-refractivity contribution in [1.82, 2.24) is 4.90 Å². The molecule has 0 saturated carbocycles. The highest BCUT2D eigenvalue weighted by atomic mass is 19.5. The lowest BCUT2D eigenvalue weighted by Crippen LogP contribution is -2.26. The van der Waals surface area contributed by atoms with Crippen LogP contribution in [-0.4, -0.2) is 31.1 Å². The van der Waals surface area contributed by atoms with Crippen molar-refractivity contribution in [2.24, 2.45) is 0 Å². The maximum absolute atomic E-state index is 11.4. The molecule has 14 heavy (non-hydrogen) atoms. The molecule has 0 aliphatic heterocycles. The first-order valence-corrected chi connectivity index (χ1v) is 3.11. The fourth-order valence-electron chi connectivity index (χ4n) is 0.347. The lowest BCUT2D eigenvalue weighted by molar-refractivity contribution is -0.237. The Morgan fingerprint density at radius 3 is 1.43 bits per heavy atom. The Hall–Kier alpha value is -0.950. The van der Waals surface area contributed by atoms with Crippen LogP contribution in [0.25, 0.3) is 0 Å². The van der Waals surface area contributed by atoms with Gasteiger partial charge in [-0.15, -0.1) is 17.6 Å². The average Bonchev–Trinajstić information content (AvgIpc) is 1.79. The van der Waals surface area contributed by atoms with Gasteiger partial charge in [-0.05, 0) is 6.20 Å². The lowest BCUT2D eigenvalue weighted by Gasteiger charge is -2.14. The topological polar surface area (TPSA) is 3.24 Å². The van der Waals surface area contributed by atoms with E-state index in [2.05, 4.69) is 6.58 Å². The first kappa shape index (κ1) is 15.5. The zero-order valence-electron chi connectivity index (χ0n) is 7.08.